The van der Waals surface area contributed by atoms with Crippen molar-refractivity contribution in [3.8, 4) is 6.07 Å². The maximum Gasteiger partial charge on any atom is 0.274 e. The average molecular weight is 394 g/mol. The molecule has 0 aliphatic rings. The van der Waals surface area contributed by atoms with Crippen LogP contribution in [0, 0.1) is 11.3 Å². The van der Waals surface area contributed by atoms with Gasteiger partial charge in [0.25, 0.3) is 5.91 Å². The van der Waals surface area contributed by atoms with Crippen molar-refractivity contribution in [1.82, 2.24) is 9.97 Å². The molecule has 25 heavy (non-hydrogen) atoms. The van der Waals surface area contributed by atoms with Crippen molar-refractivity contribution in [2.45, 2.75) is 0 Å². The first kappa shape index (κ1) is 16.6. The smallest absolute Gasteiger partial charge is 0.274 e. The third-order valence-electron chi connectivity index (χ3n) is 3.22. The molecule has 0 fully saturated rings. The molecule has 0 spiro atoms. The monoisotopic (exact) mass is 393 g/mol. The molecule has 1 aromatic heterocycles. The van der Waals surface area contributed by atoms with Gasteiger partial charge >= 0.3 is 0 Å². The Morgan fingerprint density at radius 3 is 2.68 bits per heavy atom. The highest BCUT2D eigenvalue weighted by Crippen LogP contribution is 2.18. The zero-order valence-corrected chi connectivity index (χ0v) is 14.5. The number of carbonyl (C=O) groups is 1. The molecular formula is C18H12BrN5O. The molecule has 1 amide bonds. The van der Waals surface area contributed by atoms with E-state index in [1.165, 1.54) is 12.3 Å². The summed E-state index contributed by atoms with van der Waals surface area (Å²) in [4.78, 5) is 20.7. The normalized spacial score (nSPS) is 9.92. The van der Waals surface area contributed by atoms with Crippen LogP contribution in [0.3, 0.4) is 0 Å². The Kier molecular flexibility index (Phi) is 5.02. The molecule has 7 heteroatoms. The molecule has 0 unspecified atom stereocenters. The highest BCUT2D eigenvalue weighted by atomic mass is 79.9. The second kappa shape index (κ2) is 7.55. The molecule has 0 bridgehead atoms. The number of nitriles is 1. The van der Waals surface area contributed by atoms with Gasteiger partial charge in [-0.2, -0.15) is 5.26 Å². The average Bonchev–Trinajstić information content (AvgIpc) is 2.62. The van der Waals surface area contributed by atoms with Gasteiger partial charge in [0, 0.05) is 22.0 Å². The van der Waals surface area contributed by atoms with E-state index in [0.29, 0.717) is 17.2 Å². The van der Waals surface area contributed by atoms with Gasteiger partial charge in [-0.15, -0.1) is 0 Å². The third kappa shape index (κ3) is 4.40. The van der Waals surface area contributed by atoms with E-state index in [4.69, 9.17) is 5.26 Å². The molecule has 0 atom stereocenters. The molecule has 3 aromatic rings. The fourth-order valence-corrected chi connectivity index (χ4v) is 2.50. The van der Waals surface area contributed by atoms with Gasteiger partial charge in [-0.25, -0.2) is 9.97 Å². The Morgan fingerprint density at radius 2 is 1.88 bits per heavy atom. The Balaban J connectivity index is 1.76. The second-order valence-electron chi connectivity index (χ2n) is 5.05. The molecule has 0 saturated heterocycles. The molecule has 1 heterocycles. The highest BCUT2D eigenvalue weighted by Gasteiger charge is 2.10. The van der Waals surface area contributed by atoms with E-state index in [1.54, 1.807) is 24.3 Å². The van der Waals surface area contributed by atoms with E-state index in [1.807, 2.05) is 30.3 Å². The van der Waals surface area contributed by atoms with Crippen molar-refractivity contribution in [2.75, 3.05) is 10.6 Å². The molecule has 0 radical (unpaired) electrons. The van der Waals surface area contributed by atoms with Crippen LogP contribution in [0.5, 0.6) is 0 Å². The lowest BCUT2D eigenvalue weighted by atomic mass is 10.2. The summed E-state index contributed by atoms with van der Waals surface area (Å²) in [5.41, 5.74) is 2.02. The number of hydrogen-bond acceptors (Lipinski definition) is 5. The minimum Gasteiger partial charge on any atom is -0.324 e. The number of benzene rings is 2. The Labute approximate surface area is 152 Å². The van der Waals surface area contributed by atoms with Gasteiger partial charge < -0.3 is 10.6 Å². The summed E-state index contributed by atoms with van der Waals surface area (Å²) >= 11 is 3.39. The van der Waals surface area contributed by atoms with E-state index < -0.39 is 0 Å². The van der Waals surface area contributed by atoms with Crippen molar-refractivity contribution in [2.24, 2.45) is 0 Å². The largest absolute Gasteiger partial charge is 0.324 e. The molecule has 2 aromatic carbocycles. The van der Waals surface area contributed by atoms with E-state index in [-0.39, 0.29) is 11.6 Å². The molecule has 6 nitrogen and oxygen atoms in total. The summed E-state index contributed by atoms with van der Waals surface area (Å²) in [5.74, 6) is -0.0636. The first-order valence-corrected chi connectivity index (χ1v) is 8.10. The number of aromatic nitrogens is 2. The second-order valence-corrected chi connectivity index (χ2v) is 5.96. The van der Waals surface area contributed by atoms with Crippen molar-refractivity contribution < 1.29 is 4.79 Å². The summed E-state index contributed by atoms with van der Waals surface area (Å²) < 4.78 is 0.920. The van der Waals surface area contributed by atoms with Crippen LogP contribution in [0.2, 0.25) is 0 Å². The quantitative estimate of drug-likeness (QED) is 0.695. The molecule has 122 valence electrons. The van der Waals surface area contributed by atoms with Crippen LogP contribution in [0.15, 0.2) is 65.3 Å². The molecule has 0 saturated carbocycles. The Hall–Kier alpha value is -3.24. The van der Waals surface area contributed by atoms with Gasteiger partial charge in [-0.3, -0.25) is 4.79 Å². The minimum absolute atomic E-state index is 0.217. The summed E-state index contributed by atoms with van der Waals surface area (Å²) in [6, 6.07) is 17.8. The number of rotatable bonds is 4. The number of nitrogens with one attached hydrogen (secondary N) is 2. The van der Waals surface area contributed by atoms with Crippen molar-refractivity contribution >= 4 is 39.2 Å². The standard InChI is InChI=1S/C18H12BrN5O/c19-13-4-2-6-15(10-13)23-18-21-8-7-16(24-18)17(25)22-14-5-1-3-12(9-14)11-20/h1-10H,(H,22,25)(H,21,23,24). The molecule has 2 N–H and O–H groups in total. The van der Waals surface area contributed by atoms with Crippen LogP contribution in [-0.2, 0) is 0 Å². The van der Waals surface area contributed by atoms with Crippen LogP contribution in [0.25, 0.3) is 0 Å². The number of carbonyl (C=O) groups excluding carboxylic acids is 1. The molecule has 3 rings (SSSR count). The number of nitrogens with zero attached hydrogens (tertiary/aromatic N) is 3. The predicted molar refractivity (Wildman–Crippen MR) is 98.6 cm³/mol. The minimum atomic E-state index is -0.380. The molecular weight excluding hydrogens is 382 g/mol. The van der Waals surface area contributed by atoms with Gasteiger partial charge in [-0.1, -0.05) is 28.1 Å². The van der Waals surface area contributed by atoms with E-state index in [0.717, 1.165) is 10.2 Å². The zero-order valence-electron chi connectivity index (χ0n) is 12.9. The highest BCUT2D eigenvalue weighted by molar-refractivity contribution is 9.10. The van der Waals surface area contributed by atoms with Crippen LogP contribution >= 0.6 is 15.9 Å². The van der Waals surface area contributed by atoms with Crippen LogP contribution in [0.4, 0.5) is 17.3 Å². The first-order chi connectivity index (χ1) is 12.1. The van der Waals surface area contributed by atoms with Crippen molar-refractivity contribution in [1.29, 1.82) is 5.26 Å². The number of anilines is 3. The van der Waals surface area contributed by atoms with Crippen LogP contribution in [0.1, 0.15) is 16.1 Å². The van der Waals surface area contributed by atoms with E-state index in [2.05, 4.69) is 36.5 Å². The van der Waals surface area contributed by atoms with Gasteiger partial charge in [0.05, 0.1) is 11.6 Å². The lowest BCUT2D eigenvalue weighted by molar-refractivity contribution is 0.102. The van der Waals surface area contributed by atoms with Gasteiger partial charge in [0.15, 0.2) is 0 Å². The first-order valence-electron chi connectivity index (χ1n) is 7.31. The fraction of sp³-hybridized carbons (Fsp3) is 0. The summed E-state index contributed by atoms with van der Waals surface area (Å²) in [6.45, 7) is 0. The number of amides is 1. The summed E-state index contributed by atoms with van der Waals surface area (Å²) in [5, 5.41) is 14.7. The van der Waals surface area contributed by atoms with Crippen molar-refractivity contribution in [3.05, 3.63) is 76.5 Å². The van der Waals surface area contributed by atoms with Crippen LogP contribution < -0.4 is 10.6 Å². The Bertz CT molecular complexity index is 967. The predicted octanol–water partition coefficient (Wildman–Crippen LogP) is 4.11. The lowest BCUT2D eigenvalue weighted by Gasteiger charge is -2.08. The van der Waals surface area contributed by atoms with Crippen LogP contribution in [-0.4, -0.2) is 15.9 Å². The summed E-state index contributed by atoms with van der Waals surface area (Å²) in [7, 11) is 0. The summed E-state index contributed by atoms with van der Waals surface area (Å²) in [6.07, 6.45) is 1.51. The molecule has 0 aliphatic heterocycles. The maximum atomic E-state index is 12.4. The Morgan fingerprint density at radius 1 is 1.08 bits per heavy atom. The zero-order chi connectivity index (χ0) is 17.6. The number of halogens is 1. The maximum absolute atomic E-state index is 12.4. The fourth-order valence-electron chi connectivity index (χ4n) is 2.10. The van der Waals surface area contributed by atoms with Gasteiger partial charge in [-0.05, 0) is 42.5 Å². The lowest BCUT2D eigenvalue weighted by Crippen LogP contribution is -2.14. The van der Waals surface area contributed by atoms with Gasteiger partial charge in [0.1, 0.15) is 5.69 Å². The molecule has 0 aliphatic carbocycles. The third-order valence-corrected chi connectivity index (χ3v) is 3.71. The van der Waals surface area contributed by atoms with E-state index >= 15 is 0 Å². The number of hydrogen-bond donors (Lipinski definition) is 2. The van der Waals surface area contributed by atoms with Gasteiger partial charge in [0.2, 0.25) is 5.95 Å². The van der Waals surface area contributed by atoms with Crippen molar-refractivity contribution in [3.63, 3.8) is 0 Å². The topological polar surface area (TPSA) is 90.7 Å². The SMILES string of the molecule is N#Cc1cccc(NC(=O)c2ccnc(Nc3cccc(Br)c3)n2)c1. The van der Waals surface area contributed by atoms with E-state index in [9.17, 15) is 4.79 Å².